The van der Waals surface area contributed by atoms with Gasteiger partial charge in [-0.1, -0.05) is 29.3 Å². The minimum absolute atomic E-state index is 0.142. The van der Waals surface area contributed by atoms with Crippen molar-refractivity contribution in [3.8, 4) is 0 Å². The maximum absolute atomic E-state index is 12.2. The molecule has 8 heteroatoms. The van der Waals surface area contributed by atoms with Crippen molar-refractivity contribution in [3.05, 3.63) is 63.5 Å². The first kappa shape index (κ1) is 17.5. The molecule has 0 radical (unpaired) electrons. The van der Waals surface area contributed by atoms with E-state index >= 15 is 0 Å². The average Bonchev–Trinajstić information content (AvgIpc) is 3.09. The summed E-state index contributed by atoms with van der Waals surface area (Å²) in [5.74, 6) is 0.280. The van der Waals surface area contributed by atoms with Crippen molar-refractivity contribution in [1.82, 2.24) is 19.6 Å². The molecule has 2 aromatic heterocycles. The number of benzene rings is 1. The Kier molecular flexibility index (Phi) is 5.11. The predicted octanol–water partition coefficient (Wildman–Crippen LogP) is 3.69. The molecule has 1 N–H and O–H groups in total. The number of aryl methyl sites for hydroxylation is 2. The monoisotopic (exact) mass is 377 g/mol. The Balaban J connectivity index is 1.65. The van der Waals surface area contributed by atoms with Crippen LogP contribution in [0.1, 0.15) is 17.0 Å². The van der Waals surface area contributed by atoms with Crippen molar-refractivity contribution in [2.24, 2.45) is 0 Å². The molecule has 0 saturated heterocycles. The van der Waals surface area contributed by atoms with Crippen LogP contribution in [-0.4, -0.2) is 25.5 Å². The summed E-state index contributed by atoms with van der Waals surface area (Å²) in [7, 11) is 0. The summed E-state index contributed by atoms with van der Waals surface area (Å²) in [6.07, 6.45) is 1.76. The largest absolute Gasteiger partial charge is 0.308 e. The molecule has 25 heavy (non-hydrogen) atoms. The summed E-state index contributed by atoms with van der Waals surface area (Å²) in [5.41, 5.74) is 2.60. The average molecular weight is 378 g/mol. The summed E-state index contributed by atoms with van der Waals surface area (Å²) < 4.78 is 3.33. The topological polar surface area (TPSA) is 64.7 Å². The molecule has 0 spiro atoms. The Morgan fingerprint density at radius 1 is 1.16 bits per heavy atom. The third-order valence-electron chi connectivity index (χ3n) is 3.69. The zero-order valence-electron chi connectivity index (χ0n) is 13.8. The van der Waals surface area contributed by atoms with Crippen LogP contribution >= 0.6 is 23.2 Å². The molecule has 0 bridgehead atoms. The maximum Gasteiger partial charge on any atom is 0.247 e. The van der Waals surface area contributed by atoms with E-state index in [1.54, 1.807) is 39.8 Å². The fourth-order valence-electron chi connectivity index (χ4n) is 2.52. The van der Waals surface area contributed by atoms with E-state index in [-0.39, 0.29) is 12.5 Å². The molecule has 6 nitrogen and oxygen atoms in total. The summed E-state index contributed by atoms with van der Waals surface area (Å²) in [5, 5.41) is 12.5. The highest BCUT2D eigenvalue weighted by Crippen LogP contribution is 2.25. The van der Waals surface area contributed by atoms with Gasteiger partial charge in [-0.25, -0.2) is 0 Å². The Labute approximate surface area is 155 Å². The lowest BCUT2D eigenvalue weighted by Crippen LogP contribution is -2.20. The molecule has 0 fully saturated rings. The molecular weight excluding hydrogens is 361 g/mol. The van der Waals surface area contributed by atoms with E-state index in [0.717, 1.165) is 17.0 Å². The number of hydrogen-bond acceptors (Lipinski definition) is 3. The lowest BCUT2D eigenvalue weighted by atomic mass is 10.2. The third kappa shape index (κ3) is 4.21. The molecule has 1 aromatic carbocycles. The van der Waals surface area contributed by atoms with Gasteiger partial charge in [0.1, 0.15) is 6.54 Å². The zero-order valence-corrected chi connectivity index (χ0v) is 15.3. The predicted molar refractivity (Wildman–Crippen MR) is 98.1 cm³/mol. The number of carbonyl (C=O) groups is 1. The van der Waals surface area contributed by atoms with Crippen molar-refractivity contribution in [2.75, 3.05) is 5.32 Å². The van der Waals surface area contributed by atoms with Crippen molar-refractivity contribution >= 4 is 34.9 Å². The zero-order chi connectivity index (χ0) is 18.0. The Morgan fingerprint density at radius 3 is 2.52 bits per heavy atom. The SMILES string of the molecule is Cc1cc(C)n(CC(=O)Nc2ccn(Cc3c(Cl)cccc3Cl)n2)n1. The number of rotatable bonds is 5. The number of nitrogens with zero attached hydrogens (tertiary/aromatic N) is 4. The fraction of sp³-hybridized carbons (Fsp3) is 0.235. The molecule has 0 saturated carbocycles. The second-order valence-electron chi connectivity index (χ2n) is 5.73. The molecule has 2 heterocycles. The molecule has 3 aromatic rings. The van der Waals surface area contributed by atoms with Crippen LogP contribution in [-0.2, 0) is 17.9 Å². The first-order valence-corrected chi connectivity index (χ1v) is 8.45. The van der Waals surface area contributed by atoms with Crippen molar-refractivity contribution < 1.29 is 4.79 Å². The van der Waals surface area contributed by atoms with E-state index in [9.17, 15) is 4.79 Å². The molecule has 130 valence electrons. The van der Waals surface area contributed by atoms with Crippen LogP contribution < -0.4 is 5.32 Å². The second kappa shape index (κ2) is 7.29. The van der Waals surface area contributed by atoms with E-state index in [1.165, 1.54) is 0 Å². The van der Waals surface area contributed by atoms with Crippen LogP contribution in [0.4, 0.5) is 5.82 Å². The van der Waals surface area contributed by atoms with E-state index in [0.29, 0.717) is 22.4 Å². The molecule has 1 amide bonds. The number of hydrogen-bond donors (Lipinski definition) is 1. The van der Waals surface area contributed by atoms with Gasteiger partial charge in [-0.05, 0) is 32.0 Å². The van der Waals surface area contributed by atoms with Gasteiger partial charge in [0.15, 0.2) is 5.82 Å². The smallest absolute Gasteiger partial charge is 0.247 e. The minimum atomic E-state index is -0.188. The highest BCUT2D eigenvalue weighted by molar-refractivity contribution is 6.35. The summed E-state index contributed by atoms with van der Waals surface area (Å²) in [6.45, 7) is 4.37. The van der Waals surface area contributed by atoms with Crippen LogP contribution in [0.3, 0.4) is 0 Å². The summed E-state index contributed by atoms with van der Waals surface area (Å²) in [4.78, 5) is 12.2. The van der Waals surface area contributed by atoms with E-state index < -0.39 is 0 Å². The second-order valence-corrected chi connectivity index (χ2v) is 6.55. The number of halogens is 2. The van der Waals surface area contributed by atoms with Crippen LogP contribution in [0.2, 0.25) is 10.0 Å². The lowest BCUT2D eigenvalue weighted by Gasteiger charge is -2.07. The Hall–Kier alpha value is -2.31. The molecule has 0 aliphatic carbocycles. The molecule has 0 aliphatic rings. The number of carbonyl (C=O) groups excluding carboxylic acids is 1. The van der Waals surface area contributed by atoms with Crippen molar-refractivity contribution in [2.45, 2.75) is 26.9 Å². The van der Waals surface area contributed by atoms with Gasteiger partial charge in [-0.2, -0.15) is 10.2 Å². The molecule has 0 unspecified atom stereocenters. The van der Waals surface area contributed by atoms with Crippen LogP contribution in [0, 0.1) is 13.8 Å². The Morgan fingerprint density at radius 2 is 1.88 bits per heavy atom. The van der Waals surface area contributed by atoms with Crippen LogP contribution in [0.25, 0.3) is 0 Å². The molecule has 3 rings (SSSR count). The standard InChI is InChI=1S/C17H17Cl2N5O/c1-11-8-12(2)24(21-11)10-17(25)20-16-6-7-23(22-16)9-13-14(18)4-3-5-15(13)19/h3-8H,9-10H2,1-2H3,(H,20,22,25). The lowest BCUT2D eigenvalue weighted by molar-refractivity contribution is -0.117. The summed E-state index contributed by atoms with van der Waals surface area (Å²) >= 11 is 12.3. The highest BCUT2D eigenvalue weighted by Gasteiger charge is 2.11. The quantitative estimate of drug-likeness (QED) is 0.737. The first-order valence-electron chi connectivity index (χ1n) is 7.69. The van der Waals surface area contributed by atoms with Gasteiger partial charge in [-0.15, -0.1) is 0 Å². The number of nitrogens with one attached hydrogen (secondary N) is 1. The van der Waals surface area contributed by atoms with Gasteiger partial charge in [0.05, 0.1) is 12.2 Å². The van der Waals surface area contributed by atoms with Gasteiger partial charge in [0.25, 0.3) is 0 Å². The van der Waals surface area contributed by atoms with Gasteiger partial charge < -0.3 is 5.32 Å². The van der Waals surface area contributed by atoms with Gasteiger partial charge in [0, 0.05) is 33.6 Å². The molecule has 0 aliphatic heterocycles. The molecular formula is C17H17Cl2N5O. The number of amides is 1. The number of anilines is 1. The van der Waals surface area contributed by atoms with E-state index in [4.69, 9.17) is 23.2 Å². The van der Waals surface area contributed by atoms with Gasteiger partial charge in [-0.3, -0.25) is 14.2 Å². The van der Waals surface area contributed by atoms with Crippen molar-refractivity contribution in [1.29, 1.82) is 0 Å². The van der Waals surface area contributed by atoms with E-state index in [2.05, 4.69) is 15.5 Å². The minimum Gasteiger partial charge on any atom is -0.308 e. The van der Waals surface area contributed by atoms with Crippen molar-refractivity contribution in [3.63, 3.8) is 0 Å². The summed E-state index contributed by atoms with van der Waals surface area (Å²) in [6, 6.07) is 9.01. The van der Waals surface area contributed by atoms with Gasteiger partial charge in [0.2, 0.25) is 5.91 Å². The fourth-order valence-corrected chi connectivity index (χ4v) is 3.03. The third-order valence-corrected chi connectivity index (χ3v) is 4.39. The Bertz CT molecular complexity index is 895. The van der Waals surface area contributed by atoms with Crippen LogP contribution in [0.5, 0.6) is 0 Å². The number of aromatic nitrogens is 4. The molecule has 0 atom stereocenters. The van der Waals surface area contributed by atoms with Gasteiger partial charge >= 0.3 is 0 Å². The van der Waals surface area contributed by atoms with Crippen LogP contribution in [0.15, 0.2) is 36.5 Å². The highest BCUT2D eigenvalue weighted by atomic mass is 35.5. The normalized spacial score (nSPS) is 10.9. The van der Waals surface area contributed by atoms with E-state index in [1.807, 2.05) is 19.9 Å². The first-order chi connectivity index (χ1) is 11.9. The maximum atomic E-state index is 12.2.